The number of hydrogen-bond donors (Lipinski definition) is 2. The Morgan fingerprint density at radius 1 is 0.554 bits per heavy atom. The van der Waals surface area contributed by atoms with Crippen molar-refractivity contribution in [1.29, 1.82) is 0 Å². The normalized spacial score (nSPS) is 10.1. The first-order valence-corrected chi connectivity index (χ1v) is 26.2. The summed E-state index contributed by atoms with van der Waals surface area (Å²) in [6, 6.07) is 19.8. The van der Waals surface area contributed by atoms with Crippen LogP contribution < -0.4 is 0 Å². The van der Waals surface area contributed by atoms with Gasteiger partial charge < -0.3 is 24.4 Å². The summed E-state index contributed by atoms with van der Waals surface area (Å²) in [5, 5.41) is 20.8. The van der Waals surface area contributed by atoms with Crippen molar-refractivity contribution in [3.63, 3.8) is 0 Å². The Hall–Kier alpha value is -3.24. The van der Waals surface area contributed by atoms with Crippen molar-refractivity contribution in [1.82, 2.24) is 29.9 Å². The Morgan fingerprint density at radius 3 is 1.34 bits per heavy atom. The zero-order valence-corrected chi connectivity index (χ0v) is 49.9. The SMILES string of the molecule is C=Cc1ccc(Cl)nc1Cl.CCO/C=C/c1ccc(Cl)nc1Cl.CCOC(=O)C(C(=O)OCC)c1ccc(Cl)nc1Cl.Clc1ccc(I)c(Cl)n1.O=C(O)Cc1ccc(Cl)nc1Cl.OCCc1ccc(Cl)nc1Cl. The number of carbonyl (C=O) groups is 3. The molecule has 0 bridgehead atoms. The number of nitrogens with zero attached hydrogens (tertiary/aromatic N) is 6. The number of aliphatic carboxylic acids is 1. The minimum absolute atomic E-state index is 0.0291. The maximum atomic E-state index is 11.9. The first-order valence-electron chi connectivity index (χ1n) is 20.6. The molecule has 6 heterocycles. The molecule has 0 aromatic carbocycles. The van der Waals surface area contributed by atoms with E-state index in [1.165, 1.54) is 18.2 Å². The van der Waals surface area contributed by atoms with Crippen molar-refractivity contribution in [3.05, 3.63) is 179 Å². The maximum absolute atomic E-state index is 11.9. The Balaban J connectivity index is 0.000000452. The number of hydrogen-bond acceptors (Lipinski definition) is 13. The van der Waals surface area contributed by atoms with Crippen molar-refractivity contribution >= 4 is 192 Å². The van der Waals surface area contributed by atoms with Crippen molar-refractivity contribution in [3.8, 4) is 0 Å². The number of pyridine rings is 6. The fraction of sp³-hybridized carbons (Fsp3) is 0.213. The van der Waals surface area contributed by atoms with E-state index in [2.05, 4.69) is 59.1 Å². The van der Waals surface area contributed by atoms with Gasteiger partial charge in [0, 0.05) is 28.9 Å². The fourth-order valence-electron chi connectivity index (χ4n) is 4.66. The third kappa shape index (κ3) is 27.7. The molecular formula is C47H41Cl12IN6O8. The molecule has 0 spiro atoms. The second kappa shape index (κ2) is 38.3. The van der Waals surface area contributed by atoms with Gasteiger partial charge >= 0.3 is 17.9 Å². The van der Waals surface area contributed by atoms with Gasteiger partial charge in [-0.2, -0.15) is 0 Å². The Labute approximate surface area is 500 Å². The summed E-state index contributed by atoms with van der Waals surface area (Å²) in [5.74, 6) is -3.66. The highest BCUT2D eigenvalue weighted by Gasteiger charge is 2.33. The highest BCUT2D eigenvalue weighted by Crippen LogP contribution is 2.28. The molecule has 0 atom stereocenters. The van der Waals surface area contributed by atoms with Crippen molar-refractivity contribution in [2.75, 3.05) is 26.4 Å². The number of esters is 2. The van der Waals surface area contributed by atoms with E-state index < -0.39 is 23.8 Å². The minimum atomic E-state index is -1.25. The lowest BCUT2D eigenvalue weighted by Gasteiger charge is -2.15. The third-order valence-corrected chi connectivity index (χ3v) is 12.2. The topological polar surface area (TPSA) is 197 Å². The van der Waals surface area contributed by atoms with Gasteiger partial charge in [0.05, 0.1) is 36.1 Å². The lowest BCUT2D eigenvalue weighted by atomic mass is 10.0. The van der Waals surface area contributed by atoms with E-state index in [9.17, 15) is 14.4 Å². The molecular weight excluding hydrogens is 1330 g/mol. The number of carboxylic acids is 1. The molecule has 6 rings (SSSR count). The molecule has 0 amide bonds. The van der Waals surface area contributed by atoms with Crippen LogP contribution in [0.1, 0.15) is 54.5 Å². The quantitative estimate of drug-likeness (QED) is 0.0364. The van der Waals surface area contributed by atoms with Crippen molar-refractivity contribution < 1.29 is 38.8 Å². The number of aliphatic hydroxyl groups excluding tert-OH is 1. The molecule has 398 valence electrons. The van der Waals surface area contributed by atoms with Gasteiger partial charge in [0.25, 0.3) is 0 Å². The van der Waals surface area contributed by atoms with Crippen molar-refractivity contribution in [2.24, 2.45) is 0 Å². The number of carbonyl (C=O) groups excluding carboxylic acids is 2. The van der Waals surface area contributed by atoms with Gasteiger partial charge in [-0.15, -0.1) is 0 Å². The first kappa shape index (κ1) is 68.8. The average molecular weight is 1370 g/mol. The maximum Gasteiger partial charge on any atom is 0.325 e. The summed E-state index contributed by atoms with van der Waals surface area (Å²) in [5.41, 5.74) is 3.08. The summed E-state index contributed by atoms with van der Waals surface area (Å²) in [4.78, 5) is 56.8. The van der Waals surface area contributed by atoms with Gasteiger partial charge in [-0.25, -0.2) is 29.9 Å². The first-order chi connectivity index (χ1) is 35.0. The van der Waals surface area contributed by atoms with E-state index in [-0.39, 0.29) is 52.4 Å². The number of carboxylic acid groups (broad SMARTS) is 1. The molecule has 0 fully saturated rings. The molecule has 0 saturated heterocycles. The standard InChI is InChI=1S/C12H13Cl2NO4.C9H9Cl2NO.C7H5Cl2NO2.C7H7Cl2NO.C7H5Cl2N.C5H2Cl2IN/c1-3-18-11(16)9(12(17)19-4-2)7-5-6-8(13)15-10(7)14;1-2-13-6-5-7-3-4-8(10)12-9(7)11;8-5-2-1-4(3-6(11)12)7(9)10-5;8-6-2-1-5(3-4-11)7(9)10-6;1-2-5-3-4-6(8)10-7(5)9;6-4-2-1-3(8)5(7)9-4/h5-6,9H,3-4H2,1-2H3;3-6H,2H2,1H3;1-2H,3H2,(H,11,12);1-2,11H,3-4H2;2-4H,1H2;1-2H/b;6-5+;;;;. The lowest BCUT2D eigenvalue weighted by Crippen LogP contribution is -2.26. The van der Waals surface area contributed by atoms with Gasteiger partial charge in [-0.1, -0.05) is 170 Å². The zero-order chi connectivity index (χ0) is 55.9. The van der Waals surface area contributed by atoms with E-state index >= 15 is 0 Å². The monoisotopic (exact) mass is 1360 g/mol. The number of halogens is 13. The van der Waals surface area contributed by atoms with Crippen molar-refractivity contribution in [2.45, 2.75) is 39.5 Å². The Morgan fingerprint density at radius 2 is 0.959 bits per heavy atom. The smallest absolute Gasteiger partial charge is 0.325 e. The Kier molecular flexibility index (Phi) is 35.6. The molecule has 0 aliphatic heterocycles. The molecule has 0 aliphatic carbocycles. The molecule has 27 heteroatoms. The summed E-state index contributed by atoms with van der Waals surface area (Å²) in [7, 11) is 0. The van der Waals surface area contributed by atoms with E-state index in [4.69, 9.17) is 164 Å². The summed E-state index contributed by atoms with van der Waals surface area (Å²) in [6.07, 6.45) is 5.34. The van der Waals surface area contributed by atoms with Gasteiger partial charge in [0.2, 0.25) is 0 Å². The van der Waals surface area contributed by atoms with Crippen LogP contribution in [-0.4, -0.2) is 84.5 Å². The van der Waals surface area contributed by atoms with Crippen LogP contribution in [0.3, 0.4) is 0 Å². The fourth-order valence-corrected chi connectivity index (χ4v) is 7.44. The van der Waals surface area contributed by atoms with Crippen LogP contribution in [0.25, 0.3) is 12.2 Å². The predicted octanol–water partition coefficient (Wildman–Crippen LogP) is 16.0. The predicted molar refractivity (Wildman–Crippen MR) is 307 cm³/mol. The lowest BCUT2D eigenvalue weighted by molar-refractivity contribution is -0.157. The second-order valence-corrected chi connectivity index (χ2v) is 18.7. The van der Waals surface area contributed by atoms with Crippen LogP contribution in [-0.2, 0) is 41.4 Å². The summed E-state index contributed by atoms with van der Waals surface area (Å²) >= 11 is 69.8. The summed E-state index contributed by atoms with van der Waals surface area (Å²) in [6.45, 7) is 9.74. The average Bonchev–Trinajstić information content (AvgIpc) is 3.32. The second-order valence-electron chi connectivity index (χ2n) is 13.1. The molecule has 0 radical (unpaired) electrons. The molecule has 6 aromatic heterocycles. The zero-order valence-electron chi connectivity index (χ0n) is 38.6. The van der Waals surface area contributed by atoms with Crippen LogP contribution in [0.2, 0.25) is 61.8 Å². The largest absolute Gasteiger partial charge is 0.501 e. The van der Waals surface area contributed by atoms with Gasteiger partial charge in [0.15, 0.2) is 5.92 Å². The summed E-state index contributed by atoms with van der Waals surface area (Å²) < 4.78 is 15.6. The van der Waals surface area contributed by atoms with Crippen LogP contribution in [0.4, 0.5) is 0 Å². The van der Waals surface area contributed by atoms with Gasteiger partial charge in [0.1, 0.15) is 61.8 Å². The number of ether oxygens (including phenoxy) is 3. The number of aromatic nitrogens is 6. The third-order valence-electron chi connectivity index (χ3n) is 7.89. The van der Waals surface area contributed by atoms with Crippen LogP contribution >= 0.6 is 162 Å². The van der Waals surface area contributed by atoms with Crippen LogP contribution in [0, 0.1) is 3.57 Å². The Bertz CT molecular complexity index is 2790. The number of rotatable bonds is 13. The van der Waals surface area contributed by atoms with E-state index in [0.717, 1.165) is 20.3 Å². The highest BCUT2D eigenvalue weighted by atomic mass is 127. The molecule has 14 nitrogen and oxygen atoms in total. The van der Waals surface area contributed by atoms with E-state index in [0.29, 0.717) is 59.8 Å². The molecule has 0 saturated carbocycles. The van der Waals surface area contributed by atoms with Crippen LogP contribution in [0.15, 0.2) is 85.6 Å². The molecule has 0 aliphatic rings. The highest BCUT2D eigenvalue weighted by molar-refractivity contribution is 14.1. The van der Waals surface area contributed by atoms with E-state index in [1.807, 2.05) is 13.0 Å². The molecule has 74 heavy (non-hydrogen) atoms. The van der Waals surface area contributed by atoms with E-state index in [1.54, 1.807) is 80.8 Å². The van der Waals surface area contributed by atoms with Gasteiger partial charge in [-0.3, -0.25) is 14.4 Å². The van der Waals surface area contributed by atoms with Crippen LogP contribution in [0.5, 0.6) is 0 Å². The van der Waals surface area contributed by atoms with Gasteiger partial charge in [-0.05, 0) is 116 Å². The number of aliphatic hydroxyl groups is 1. The molecule has 0 unspecified atom stereocenters. The molecule has 6 aromatic rings. The molecule has 2 N–H and O–H groups in total. The minimum Gasteiger partial charge on any atom is -0.501 e.